The van der Waals surface area contributed by atoms with Crippen LogP contribution in [0.4, 0.5) is 0 Å². The molecule has 1 aliphatic heterocycles. The Morgan fingerprint density at radius 3 is 2.50 bits per heavy atom. The zero-order valence-corrected chi connectivity index (χ0v) is 9.15. The first-order valence-corrected chi connectivity index (χ1v) is 4.90. The van der Waals surface area contributed by atoms with Gasteiger partial charge in [0.1, 0.15) is 6.10 Å². The molecule has 0 aromatic heterocycles. The summed E-state index contributed by atoms with van der Waals surface area (Å²) in [6, 6.07) is 0. The third kappa shape index (κ3) is 2.69. The molecule has 1 rings (SSSR count). The fourth-order valence-corrected chi connectivity index (χ4v) is 1.83. The van der Waals surface area contributed by atoms with Gasteiger partial charge in [0, 0.05) is 26.4 Å². The average Bonchev–Trinajstić information content (AvgIpc) is 2.10. The zero-order valence-electron chi connectivity index (χ0n) is 9.15. The van der Waals surface area contributed by atoms with Crippen molar-refractivity contribution in [2.24, 2.45) is 5.92 Å². The average molecular weight is 202 g/mol. The lowest BCUT2D eigenvalue weighted by Gasteiger charge is -2.37. The SMILES string of the molecule is CO[C@H]1CC(C)[C@@H](OC(C)=O)C(C)O1. The van der Waals surface area contributed by atoms with Crippen LogP contribution in [0.15, 0.2) is 0 Å². The molecule has 0 bridgehead atoms. The number of hydrogen-bond donors (Lipinski definition) is 0. The predicted molar refractivity (Wildman–Crippen MR) is 50.7 cm³/mol. The molecule has 0 aromatic carbocycles. The van der Waals surface area contributed by atoms with E-state index in [0.717, 1.165) is 6.42 Å². The van der Waals surface area contributed by atoms with Gasteiger partial charge in [-0.1, -0.05) is 6.92 Å². The summed E-state index contributed by atoms with van der Waals surface area (Å²) in [7, 11) is 1.62. The van der Waals surface area contributed by atoms with Gasteiger partial charge in [-0.15, -0.1) is 0 Å². The number of methoxy groups -OCH3 is 1. The van der Waals surface area contributed by atoms with E-state index < -0.39 is 0 Å². The number of carbonyl (C=O) groups excluding carboxylic acids is 1. The molecule has 1 saturated heterocycles. The number of ether oxygens (including phenoxy) is 3. The van der Waals surface area contributed by atoms with Crippen molar-refractivity contribution in [2.75, 3.05) is 7.11 Å². The first kappa shape index (κ1) is 11.5. The normalized spacial score (nSPS) is 38.0. The summed E-state index contributed by atoms with van der Waals surface area (Å²) in [5.74, 6) is 0.0146. The minimum atomic E-state index is -0.256. The van der Waals surface area contributed by atoms with Crippen LogP contribution in [0.25, 0.3) is 0 Å². The van der Waals surface area contributed by atoms with Crippen molar-refractivity contribution in [3.63, 3.8) is 0 Å². The minimum absolute atomic E-state index is 0.104. The summed E-state index contributed by atoms with van der Waals surface area (Å²) in [4.78, 5) is 10.8. The zero-order chi connectivity index (χ0) is 10.7. The van der Waals surface area contributed by atoms with E-state index in [1.807, 2.05) is 13.8 Å². The second-order valence-electron chi connectivity index (χ2n) is 3.79. The van der Waals surface area contributed by atoms with Gasteiger partial charge in [-0.05, 0) is 6.92 Å². The quantitative estimate of drug-likeness (QED) is 0.634. The highest BCUT2D eigenvalue weighted by Gasteiger charge is 2.35. The van der Waals surface area contributed by atoms with E-state index in [2.05, 4.69) is 0 Å². The molecule has 0 saturated carbocycles. The van der Waals surface area contributed by atoms with Crippen molar-refractivity contribution in [3.8, 4) is 0 Å². The predicted octanol–water partition coefficient (Wildman–Crippen LogP) is 1.34. The standard InChI is InChI=1S/C10H18O4/c1-6-5-9(12-4)13-7(2)10(6)14-8(3)11/h6-7,9-10H,5H2,1-4H3/t6?,7?,9-,10-/m1/s1. The third-order valence-electron chi connectivity index (χ3n) is 2.52. The van der Waals surface area contributed by atoms with Crippen LogP contribution >= 0.6 is 0 Å². The van der Waals surface area contributed by atoms with Gasteiger partial charge in [-0.3, -0.25) is 4.79 Å². The van der Waals surface area contributed by atoms with Crippen molar-refractivity contribution in [1.82, 2.24) is 0 Å². The smallest absolute Gasteiger partial charge is 0.303 e. The van der Waals surface area contributed by atoms with Crippen molar-refractivity contribution >= 4 is 5.97 Å². The topological polar surface area (TPSA) is 44.8 Å². The minimum Gasteiger partial charge on any atom is -0.460 e. The number of carbonyl (C=O) groups is 1. The van der Waals surface area contributed by atoms with E-state index in [0.29, 0.717) is 0 Å². The molecule has 1 aliphatic rings. The Hall–Kier alpha value is -0.610. The summed E-state index contributed by atoms with van der Waals surface area (Å²) >= 11 is 0. The number of hydrogen-bond acceptors (Lipinski definition) is 4. The van der Waals surface area contributed by atoms with Crippen molar-refractivity contribution in [1.29, 1.82) is 0 Å². The fourth-order valence-electron chi connectivity index (χ4n) is 1.83. The second-order valence-corrected chi connectivity index (χ2v) is 3.79. The Kier molecular flexibility index (Phi) is 3.89. The fraction of sp³-hybridized carbons (Fsp3) is 0.900. The highest BCUT2D eigenvalue weighted by Crippen LogP contribution is 2.27. The molecule has 0 aromatic rings. The van der Waals surface area contributed by atoms with Crippen LogP contribution in [0.2, 0.25) is 0 Å². The maximum atomic E-state index is 10.8. The number of esters is 1. The molecule has 4 atom stereocenters. The summed E-state index contributed by atoms with van der Waals surface area (Å²) in [6.45, 7) is 5.36. The van der Waals surface area contributed by atoms with Crippen LogP contribution in [0.3, 0.4) is 0 Å². The first-order valence-electron chi connectivity index (χ1n) is 4.90. The molecule has 4 nitrogen and oxygen atoms in total. The van der Waals surface area contributed by atoms with E-state index in [9.17, 15) is 4.79 Å². The molecule has 1 heterocycles. The summed E-state index contributed by atoms with van der Waals surface area (Å²) < 4.78 is 15.8. The molecule has 0 radical (unpaired) electrons. The molecule has 14 heavy (non-hydrogen) atoms. The molecule has 2 unspecified atom stereocenters. The molecule has 4 heteroatoms. The van der Waals surface area contributed by atoms with E-state index in [4.69, 9.17) is 14.2 Å². The molecule has 82 valence electrons. The molecule has 0 N–H and O–H groups in total. The van der Waals surface area contributed by atoms with Gasteiger partial charge in [0.05, 0.1) is 6.10 Å². The van der Waals surface area contributed by atoms with Crippen LogP contribution in [-0.4, -0.2) is 31.6 Å². The molecule has 0 amide bonds. The Morgan fingerprint density at radius 1 is 1.43 bits per heavy atom. The van der Waals surface area contributed by atoms with Crippen LogP contribution in [-0.2, 0) is 19.0 Å². The second kappa shape index (κ2) is 4.75. The molecule has 1 fully saturated rings. The molecular formula is C10H18O4. The summed E-state index contributed by atoms with van der Waals surface area (Å²) in [5.41, 5.74) is 0. The lowest BCUT2D eigenvalue weighted by molar-refractivity contribution is -0.230. The highest BCUT2D eigenvalue weighted by molar-refractivity contribution is 5.66. The van der Waals surface area contributed by atoms with Crippen LogP contribution in [0.1, 0.15) is 27.2 Å². The van der Waals surface area contributed by atoms with Crippen LogP contribution in [0.5, 0.6) is 0 Å². The highest BCUT2D eigenvalue weighted by atomic mass is 16.7. The van der Waals surface area contributed by atoms with Gasteiger partial charge < -0.3 is 14.2 Å². The van der Waals surface area contributed by atoms with Gasteiger partial charge in [-0.25, -0.2) is 0 Å². The lowest BCUT2D eigenvalue weighted by atomic mass is 9.94. The van der Waals surface area contributed by atoms with Crippen molar-refractivity contribution in [3.05, 3.63) is 0 Å². The number of rotatable bonds is 2. The molecule has 0 aliphatic carbocycles. The Bertz CT molecular complexity index is 192. The van der Waals surface area contributed by atoms with Gasteiger partial charge >= 0.3 is 5.97 Å². The maximum Gasteiger partial charge on any atom is 0.303 e. The molecular weight excluding hydrogens is 184 g/mol. The van der Waals surface area contributed by atoms with Gasteiger partial charge in [0.2, 0.25) is 0 Å². The van der Waals surface area contributed by atoms with E-state index in [-0.39, 0.29) is 30.4 Å². The van der Waals surface area contributed by atoms with Crippen LogP contribution in [0, 0.1) is 5.92 Å². The third-order valence-corrected chi connectivity index (χ3v) is 2.52. The van der Waals surface area contributed by atoms with Crippen LogP contribution < -0.4 is 0 Å². The van der Waals surface area contributed by atoms with Gasteiger partial charge in [-0.2, -0.15) is 0 Å². The lowest BCUT2D eigenvalue weighted by Crippen LogP contribution is -2.45. The van der Waals surface area contributed by atoms with Gasteiger partial charge in [0.25, 0.3) is 0 Å². The monoisotopic (exact) mass is 202 g/mol. The van der Waals surface area contributed by atoms with E-state index in [1.165, 1.54) is 6.92 Å². The first-order chi connectivity index (χ1) is 6.54. The van der Waals surface area contributed by atoms with Crippen molar-refractivity contribution in [2.45, 2.75) is 45.7 Å². The molecule has 0 spiro atoms. The van der Waals surface area contributed by atoms with E-state index in [1.54, 1.807) is 7.11 Å². The van der Waals surface area contributed by atoms with E-state index >= 15 is 0 Å². The summed E-state index contributed by atoms with van der Waals surface area (Å²) in [6.07, 6.45) is 0.331. The van der Waals surface area contributed by atoms with Gasteiger partial charge in [0.15, 0.2) is 6.29 Å². The Morgan fingerprint density at radius 2 is 2.07 bits per heavy atom. The maximum absolute atomic E-state index is 10.8. The largest absolute Gasteiger partial charge is 0.460 e. The Labute approximate surface area is 84.5 Å². The Balaban J connectivity index is 2.55. The summed E-state index contributed by atoms with van der Waals surface area (Å²) in [5, 5.41) is 0. The van der Waals surface area contributed by atoms with Crippen molar-refractivity contribution < 1.29 is 19.0 Å².